The summed E-state index contributed by atoms with van der Waals surface area (Å²) in [5, 5.41) is 12.3. The van der Waals surface area contributed by atoms with Gasteiger partial charge in [-0.15, -0.1) is 0 Å². The SMILES string of the molecule is CC(/C=C\N)=C/C(C)NC(=O)c1ccc(-c2nn([C@]3(C)CCCNC3)c3ccnc(N)c23)cc1. The summed E-state index contributed by atoms with van der Waals surface area (Å²) in [6.07, 6.45) is 9.08. The minimum absolute atomic E-state index is 0.126. The third-order valence-corrected chi connectivity index (χ3v) is 6.36. The first-order chi connectivity index (χ1) is 16.3. The molecule has 1 aromatic carbocycles. The summed E-state index contributed by atoms with van der Waals surface area (Å²) < 4.78 is 2.09. The van der Waals surface area contributed by atoms with Gasteiger partial charge in [0.05, 0.1) is 16.4 Å². The Morgan fingerprint density at radius 3 is 2.74 bits per heavy atom. The lowest BCUT2D eigenvalue weighted by atomic mass is 9.92. The average molecular weight is 460 g/mol. The van der Waals surface area contributed by atoms with Crippen LogP contribution in [0.25, 0.3) is 22.2 Å². The quantitative estimate of drug-likeness (QED) is 0.419. The number of fused-ring (bicyclic) bond motifs is 1. The average Bonchev–Trinajstić information content (AvgIpc) is 3.22. The topological polar surface area (TPSA) is 124 Å². The number of hydrogen-bond acceptors (Lipinski definition) is 6. The Morgan fingerprint density at radius 1 is 1.29 bits per heavy atom. The number of nitrogens with one attached hydrogen (secondary N) is 2. The molecule has 0 bridgehead atoms. The maximum absolute atomic E-state index is 12.7. The lowest BCUT2D eigenvalue weighted by Gasteiger charge is -2.35. The van der Waals surface area contributed by atoms with Crippen molar-refractivity contribution < 1.29 is 4.79 Å². The molecule has 34 heavy (non-hydrogen) atoms. The van der Waals surface area contributed by atoms with E-state index < -0.39 is 0 Å². The van der Waals surface area contributed by atoms with Crippen molar-refractivity contribution in [2.24, 2.45) is 5.73 Å². The van der Waals surface area contributed by atoms with Crippen molar-refractivity contribution in [3.05, 3.63) is 66.0 Å². The van der Waals surface area contributed by atoms with Crippen LogP contribution in [0, 0.1) is 0 Å². The molecule has 3 aromatic rings. The van der Waals surface area contributed by atoms with Gasteiger partial charge in [0, 0.05) is 29.9 Å². The fourth-order valence-corrected chi connectivity index (χ4v) is 4.64. The van der Waals surface area contributed by atoms with E-state index in [1.54, 1.807) is 12.3 Å². The highest BCUT2D eigenvalue weighted by Crippen LogP contribution is 2.36. The monoisotopic (exact) mass is 459 g/mol. The molecule has 1 aliphatic heterocycles. The van der Waals surface area contributed by atoms with Crippen LogP contribution in [0.4, 0.5) is 5.82 Å². The van der Waals surface area contributed by atoms with Crippen LogP contribution in [-0.4, -0.2) is 39.8 Å². The van der Waals surface area contributed by atoms with Crippen LogP contribution < -0.4 is 22.1 Å². The number of aromatic nitrogens is 3. The summed E-state index contributed by atoms with van der Waals surface area (Å²) in [5.74, 6) is 0.313. The number of anilines is 1. The fraction of sp³-hybridized carbons (Fsp3) is 0.346. The number of piperidine rings is 1. The highest BCUT2D eigenvalue weighted by atomic mass is 16.1. The Balaban J connectivity index is 1.64. The molecule has 3 heterocycles. The maximum atomic E-state index is 12.7. The summed E-state index contributed by atoms with van der Waals surface area (Å²) in [6, 6.07) is 9.30. The molecule has 1 amide bonds. The first-order valence-corrected chi connectivity index (χ1v) is 11.6. The van der Waals surface area contributed by atoms with Crippen molar-refractivity contribution in [3.63, 3.8) is 0 Å². The van der Waals surface area contributed by atoms with Crippen molar-refractivity contribution in [1.29, 1.82) is 0 Å². The summed E-state index contributed by atoms with van der Waals surface area (Å²) in [6.45, 7) is 7.95. The van der Waals surface area contributed by atoms with E-state index in [9.17, 15) is 4.79 Å². The Bertz CT molecular complexity index is 1230. The van der Waals surface area contributed by atoms with Crippen molar-refractivity contribution in [2.75, 3.05) is 18.8 Å². The van der Waals surface area contributed by atoms with Crippen LogP contribution in [-0.2, 0) is 5.54 Å². The number of nitrogens with zero attached hydrogens (tertiary/aromatic N) is 3. The van der Waals surface area contributed by atoms with E-state index >= 15 is 0 Å². The Labute approximate surface area is 200 Å². The standard InChI is InChI=1S/C26H33N7O/c1-17(9-12-27)15-18(2)31-25(34)20-7-5-19(6-8-20)23-22-21(10-14-30-24(22)28)33(32-23)26(3)11-4-13-29-16-26/h5-10,12,14-15,18,29H,4,11,13,16,27H2,1-3H3,(H2,28,30)(H,31,34)/b12-9-,17-15-/t18?,26-/m1/s1. The van der Waals surface area contributed by atoms with E-state index in [-0.39, 0.29) is 17.5 Å². The number of rotatable bonds is 6. The van der Waals surface area contributed by atoms with Crippen LogP contribution in [0.3, 0.4) is 0 Å². The summed E-state index contributed by atoms with van der Waals surface area (Å²) in [7, 11) is 0. The lowest BCUT2D eigenvalue weighted by molar-refractivity contribution is 0.0947. The number of nitrogen functional groups attached to an aromatic ring is 1. The van der Waals surface area contributed by atoms with Gasteiger partial charge in [0.1, 0.15) is 11.5 Å². The molecule has 0 spiro atoms. The van der Waals surface area contributed by atoms with E-state index in [1.165, 1.54) is 6.20 Å². The highest BCUT2D eigenvalue weighted by Gasteiger charge is 2.32. The van der Waals surface area contributed by atoms with Gasteiger partial charge in [-0.25, -0.2) is 4.98 Å². The molecule has 4 rings (SSSR count). The van der Waals surface area contributed by atoms with Crippen molar-refractivity contribution in [3.8, 4) is 11.3 Å². The lowest BCUT2D eigenvalue weighted by Crippen LogP contribution is -2.45. The largest absolute Gasteiger partial charge is 0.405 e. The van der Waals surface area contributed by atoms with Gasteiger partial charge in [0.15, 0.2) is 0 Å². The van der Waals surface area contributed by atoms with Crippen molar-refractivity contribution >= 4 is 22.6 Å². The van der Waals surface area contributed by atoms with Gasteiger partial charge >= 0.3 is 0 Å². The van der Waals surface area contributed by atoms with Crippen molar-refractivity contribution in [2.45, 2.75) is 45.2 Å². The number of carbonyl (C=O) groups excluding carboxylic acids is 1. The number of benzene rings is 1. The summed E-state index contributed by atoms with van der Waals surface area (Å²) in [5.41, 5.74) is 15.8. The summed E-state index contributed by atoms with van der Waals surface area (Å²) >= 11 is 0. The van der Waals surface area contributed by atoms with Gasteiger partial charge < -0.3 is 22.1 Å². The number of carbonyl (C=O) groups is 1. The highest BCUT2D eigenvalue weighted by molar-refractivity contribution is 6.01. The first-order valence-electron chi connectivity index (χ1n) is 11.6. The van der Waals surface area contributed by atoms with E-state index in [0.717, 1.165) is 53.7 Å². The molecule has 8 heteroatoms. The Hall–Kier alpha value is -3.65. The van der Waals surface area contributed by atoms with Crippen LogP contribution in [0.5, 0.6) is 0 Å². The number of pyridine rings is 1. The molecule has 0 saturated carbocycles. The molecular formula is C26H33N7O. The zero-order valence-corrected chi connectivity index (χ0v) is 20.0. The molecule has 1 aliphatic rings. The van der Waals surface area contributed by atoms with Gasteiger partial charge in [-0.2, -0.15) is 5.10 Å². The summed E-state index contributed by atoms with van der Waals surface area (Å²) in [4.78, 5) is 17.0. The minimum atomic E-state index is -0.150. The second-order valence-electron chi connectivity index (χ2n) is 9.24. The Kier molecular flexibility index (Phi) is 6.70. The van der Waals surface area contributed by atoms with Gasteiger partial charge in [-0.3, -0.25) is 9.48 Å². The normalized spacial score (nSPS) is 20.0. The number of hydrogen-bond donors (Lipinski definition) is 4. The van der Waals surface area contributed by atoms with Crippen LogP contribution in [0.2, 0.25) is 0 Å². The first kappa shape index (κ1) is 23.5. The zero-order valence-electron chi connectivity index (χ0n) is 20.0. The molecule has 1 fully saturated rings. The number of nitrogens with two attached hydrogens (primary N) is 2. The van der Waals surface area contributed by atoms with E-state index in [2.05, 4.69) is 27.2 Å². The van der Waals surface area contributed by atoms with Gasteiger partial charge in [-0.05, 0) is 70.6 Å². The smallest absolute Gasteiger partial charge is 0.251 e. The molecule has 2 atom stereocenters. The van der Waals surface area contributed by atoms with Crippen LogP contribution in [0.15, 0.2) is 60.5 Å². The molecule has 8 nitrogen and oxygen atoms in total. The van der Waals surface area contributed by atoms with Crippen LogP contribution in [0.1, 0.15) is 44.0 Å². The fourth-order valence-electron chi connectivity index (χ4n) is 4.64. The maximum Gasteiger partial charge on any atom is 0.251 e. The molecule has 2 aromatic heterocycles. The van der Waals surface area contributed by atoms with E-state index in [4.69, 9.17) is 16.6 Å². The molecule has 0 aliphatic carbocycles. The van der Waals surface area contributed by atoms with Crippen molar-refractivity contribution in [1.82, 2.24) is 25.4 Å². The predicted octanol–water partition coefficient (Wildman–Crippen LogP) is 3.32. The predicted molar refractivity (Wildman–Crippen MR) is 137 cm³/mol. The molecule has 1 saturated heterocycles. The molecular weight excluding hydrogens is 426 g/mol. The van der Waals surface area contributed by atoms with E-state index in [0.29, 0.717) is 11.4 Å². The van der Waals surface area contributed by atoms with Gasteiger partial charge in [0.2, 0.25) is 0 Å². The molecule has 1 unspecified atom stereocenters. The van der Waals surface area contributed by atoms with E-state index in [1.807, 2.05) is 50.3 Å². The second-order valence-corrected chi connectivity index (χ2v) is 9.24. The van der Waals surface area contributed by atoms with Gasteiger partial charge in [-0.1, -0.05) is 23.8 Å². The van der Waals surface area contributed by atoms with Gasteiger partial charge in [0.25, 0.3) is 5.91 Å². The number of allylic oxidation sites excluding steroid dienone is 2. The second kappa shape index (κ2) is 9.69. The third kappa shape index (κ3) is 4.68. The Morgan fingerprint density at radius 2 is 2.06 bits per heavy atom. The zero-order chi connectivity index (χ0) is 24.3. The minimum Gasteiger partial charge on any atom is -0.405 e. The molecule has 0 radical (unpaired) electrons. The van der Waals surface area contributed by atoms with Crippen LogP contribution >= 0.6 is 0 Å². The molecule has 178 valence electrons. The number of amides is 1. The molecule has 6 N–H and O–H groups in total. The third-order valence-electron chi connectivity index (χ3n) is 6.36.